The van der Waals surface area contributed by atoms with Crippen LogP contribution >= 0.6 is 0 Å². The molecular weight excluding hydrogens is 246 g/mol. The monoisotopic (exact) mass is 255 g/mol. The average molecular weight is 255 g/mol. The fourth-order valence-electron chi connectivity index (χ4n) is 1.72. The summed E-state index contributed by atoms with van der Waals surface area (Å²) < 4.78 is 32.5. The number of fused-ring (bicyclic) bond motifs is 1. The SMILES string of the molecule is NC(=O)c1c(S(=O)(=O)O)c2ccccc2n1N. The molecule has 0 saturated heterocycles. The number of rotatable bonds is 2. The van der Waals surface area contributed by atoms with Crippen LogP contribution in [-0.4, -0.2) is 23.6 Å². The molecule has 1 aromatic carbocycles. The van der Waals surface area contributed by atoms with Crippen LogP contribution in [-0.2, 0) is 10.1 Å². The molecule has 0 unspecified atom stereocenters. The number of nitrogens with zero attached hydrogens (tertiary/aromatic N) is 1. The van der Waals surface area contributed by atoms with E-state index >= 15 is 0 Å². The van der Waals surface area contributed by atoms with Crippen molar-refractivity contribution < 1.29 is 17.8 Å². The summed E-state index contributed by atoms with van der Waals surface area (Å²) in [5, 5.41) is 0.145. The van der Waals surface area contributed by atoms with Gasteiger partial charge in [0, 0.05) is 5.39 Å². The first-order chi connectivity index (χ1) is 7.84. The van der Waals surface area contributed by atoms with Crippen molar-refractivity contribution in [2.75, 3.05) is 5.84 Å². The third kappa shape index (κ3) is 1.63. The lowest BCUT2D eigenvalue weighted by atomic mass is 10.2. The van der Waals surface area contributed by atoms with E-state index in [4.69, 9.17) is 16.1 Å². The first kappa shape index (κ1) is 11.4. The summed E-state index contributed by atoms with van der Waals surface area (Å²) in [6.07, 6.45) is 0. The molecule has 90 valence electrons. The molecule has 1 aromatic heterocycles. The minimum Gasteiger partial charge on any atom is -0.364 e. The van der Waals surface area contributed by atoms with Crippen molar-refractivity contribution in [3.63, 3.8) is 0 Å². The number of hydrogen-bond donors (Lipinski definition) is 3. The summed E-state index contributed by atoms with van der Waals surface area (Å²) in [5.41, 5.74) is 4.90. The van der Waals surface area contributed by atoms with E-state index in [1.54, 1.807) is 12.1 Å². The zero-order valence-electron chi connectivity index (χ0n) is 8.49. The van der Waals surface area contributed by atoms with Gasteiger partial charge in [0.05, 0.1) is 5.52 Å². The molecule has 8 heteroatoms. The van der Waals surface area contributed by atoms with Crippen LogP contribution in [0, 0.1) is 0 Å². The van der Waals surface area contributed by atoms with Crippen molar-refractivity contribution in [2.24, 2.45) is 5.73 Å². The highest BCUT2D eigenvalue weighted by atomic mass is 32.2. The summed E-state index contributed by atoms with van der Waals surface area (Å²) in [5.74, 6) is 4.55. The fourth-order valence-corrected chi connectivity index (χ4v) is 2.62. The van der Waals surface area contributed by atoms with Crippen molar-refractivity contribution in [1.82, 2.24) is 4.68 Å². The van der Waals surface area contributed by atoms with Crippen LogP contribution in [0.25, 0.3) is 10.9 Å². The number of hydrogen-bond acceptors (Lipinski definition) is 4. The minimum atomic E-state index is -4.59. The predicted molar refractivity (Wildman–Crippen MR) is 60.4 cm³/mol. The van der Waals surface area contributed by atoms with Crippen LogP contribution in [0.5, 0.6) is 0 Å². The van der Waals surface area contributed by atoms with Crippen molar-refractivity contribution in [3.8, 4) is 0 Å². The van der Waals surface area contributed by atoms with Crippen molar-refractivity contribution in [1.29, 1.82) is 0 Å². The van der Waals surface area contributed by atoms with Gasteiger partial charge in [-0.05, 0) is 6.07 Å². The molecule has 17 heavy (non-hydrogen) atoms. The van der Waals surface area contributed by atoms with Gasteiger partial charge in [-0.25, -0.2) is 0 Å². The number of benzene rings is 1. The maximum absolute atomic E-state index is 11.3. The molecule has 2 rings (SSSR count). The Hall–Kier alpha value is -2.06. The van der Waals surface area contributed by atoms with Crippen LogP contribution in [0.2, 0.25) is 0 Å². The lowest BCUT2D eigenvalue weighted by Gasteiger charge is -2.00. The topological polar surface area (TPSA) is 128 Å². The van der Waals surface area contributed by atoms with Gasteiger partial charge in [0.15, 0.2) is 0 Å². The van der Waals surface area contributed by atoms with Gasteiger partial charge in [-0.3, -0.25) is 14.0 Å². The molecule has 0 aliphatic carbocycles. The number of nitrogens with two attached hydrogens (primary N) is 2. The molecule has 5 N–H and O–H groups in total. The Morgan fingerprint density at radius 1 is 1.29 bits per heavy atom. The Balaban J connectivity index is 3.07. The van der Waals surface area contributed by atoms with Crippen LogP contribution in [0.15, 0.2) is 29.2 Å². The van der Waals surface area contributed by atoms with E-state index in [9.17, 15) is 13.2 Å². The Labute approximate surface area is 96.3 Å². The van der Waals surface area contributed by atoms with E-state index in [-0.39, 0.29) is 10.9 Å². The smallest absolute Gasteiger partial charge is 0.297 e. The largest absolute Gasteiger partial charge is 0.364 e. The number of para-hydroxylation sites is 1. The molecule has 0 atom stereocenters. The van der Waals surface area contributed by atoms with Gasteiger partial charge in [-0.15, -0.1) is 0 Å². The van der Waals surface area contributed by atoms with Gasteiger partial charge in [-0.2, -0.15) is 8.42 Å². The molecule has 1 heterocycles. The molecule has 0 aliphatic rings. The van der Waals surface area contributed by atoms with E-state index in [2.05, 4.69) is 0 Å². The van der Waals surface area contributed by atoms with Gasteiger partial charge in [0.2, 0.25) is 0 Å². The van der Waals surface area contributed by atoms with Gasteiger partial charge in [0.25, 0.3) is 16.0 Å². The van der Waals surface area contributed by atoms with E-state index in [0.29, 0.717) is 0 Å². The number of aromatic nitrogens is 1. The highest BCUT2D eigenvalue weighted by Crippen LogP contribution is 2.27. The highest BCUT2D eigenvalue weighted by Gasteiger charge is 2.27. The van der Waals surface area contributed by atoms with Gasteiger partial charge in [-0.1, -0.05) is 18.2 Å². The molecule has 0 spiro atoms. The quantitative estimate of drug-likeness (QED) is 0.501. The van der Waals surface area contributed by atoms with Gasteiger partial charge >= 0.3 is 0 Å². The maximum Gasteiger partial charge on any atom is 0.297 e. The van der Waals surface area contributed by atoms with Crippen LogP contribution in [0.4, 0.5) is 0 Å². The highest BCUT2D eigenvalue weighted by molar-refractivity contribution is 7.86. The minimum absolute atomic E-state index is 0.145. The van der Waals surface area contributed by atoms with Crippen LogP contribution < -0.4 is 11.6 Å². The third-order valence-electron chi connectivity index (χ3n) is 2.36. The fraction of sp³-hybridized carbons (Fsp3) is 0. The normalized spacial score (nSPS) is 11.8. The van der Waals surface area contributed by atoms with Crippen molar-refractivity contribution >= 4 is 26.9 Å². The first-order valence-corrected chi connectivity index (χ1v) is 5.94. The number of nitrogen functional groups attached to an aromatic ring is 1. The zero-order valence-corrected chi connectivity index (χ0v) is 9.31. The number of primary amides is 1. The van der Waals surface area contributed by atoms with Gasteiger partial charge in [0.1, 0.15) is 10.6 Å². The molecule has 1 amide bonds. The molecule has 0 saturated carbocycles. The summed E-state index contributed by atoms with van der Waals surface area (Å²) in [4.78, 5) is 10.6. The molecule has 7 nitrogen and oxygen atoms in total. The number of carbonyl (C=O) groups excluding carboxylic acids is 1. The second-order valence-corrected chi connectivity index (χ2v) is 4.76. The molecular formula is C9H9N3O4S. The van der Waals surface area contributed by atoms with Crippen molar-refractivity contribution in [2.45, 2.75) is 4.90 Å². The summed E-state index contributed by atoms with van der Waals surface area (Å²) in [7, 11) is -4.59. The first-order valence-electron chi connectivity index (χ1n) is 4.50. The summed E-state index contributed by atoms with van der Waals surface area (Å²) >= 11 is 0. The van der Waals surface area contributed by atoms with Crippen LogP contribution in [0.3, 0.4) is 0 Å². The second-order valence-electron chi connectivity index (χ2n) is 3.40. The van der Waals surface area contributed by atoms with E-state index in [1.807, 2.05) is 0 Å². The molecule has 0 radical (unpaired) electrons. The number of carbonyl (C=O) groups is 1. The molecule has 0 aliphatic heterocycles. The Kier molecular flexibility index (Phi) is 2.33. The molecule has 2 aromatic rings. The lowest BCUT2D eigenvalue weighted by Crippen LogP contribution is -2.23. The molecule has 0 fully saturated rings. The zero-order chi connectivity index (χ0) is 12.8. The van der Waals surface area contributed by atoms with E-state index < -0.39 is 26.6 Å². The average Bonchev–Trinajstić information content (AvgIpc) is 2.52. The summed E-state index contributed by atoms with van der Waals surface area (Å²) in [6.45, 7) is 0. The Bertz CT molecular complexity index is 717. The standard InChI is InChI=1S/C9H9N3O4S/c10-9(13)7-8(17(14,15)16)5-3-1-2-4-6(5)12(7)11/h1-4H,11H2,(H2,10,13)(H,14,15,16). The lowest BCUT2D eigenvalue weighted by molar-refractivity contribution is 0.0990. The summed E-state index contributed by atoms with van der Waals surface area (Å²) in [6, 6.07) is 6.11. The number of amides is 1. The second kappa shape index (κ2) is 3.47. The van der Waals surface area contributed by atoms with E-state index in [0.717, 1.165) is 4.68 Å². The van der Waals surface area contributed by atoms with Crippen molar-refractivity contribution in [3.05, 3.63) is 30.0 Å². The van der Waals surface area contributed by atoms with E-state index in [1.165, 1.54) is 12.1 Å². The Morgan fingerprint density at radius 2 is 1.88 bits per heavy atom. The molecule has 0 bridgehead atoms. The Morgan fingerprint density at radius 3 is 2.41 bits per heavy atom. The van der Waals surface area contributed by atoms with Crippen LogP contribution in [0.1, 0.15) is 10.5 Å². The maximum atomic E-state index is 11.3. The third-order valence-corrected chi connectivity index (χ3v) is 3.28. The van der Waals surface area contributed by atoms with Gasteiger partial charge < -0.3 is 11.6 Å². The predicted octanol–water partition coefficient (Wildman–Crippen LogP) is -0.299.